The van der Waals surface area contributed by atoms with Crippen molar-refractivity contribution in [1.29, 1.82) is 0 Å². The van der Waals surface area contributed by atoms with Crippen molar-refractivity contribution in [3.63, 3.8) is 0 Å². The molecule has 0 fully saturated rings. The molecule has 0 unspecified atom stereocenters. The van der Waals surface area contributed by atoms with Crippen LogP contribution in [-0.4, -0.2) is 17.2 Å². The van der Waals surface area contributed by atoms with E-state index in [-0.39, 0.29) is 0 Å². The average Bonchev–Trinajstić information content (AvgIpc) is 2.40. The number of aromatic nitrogens is 1. The van der Waals surface area contributed by atoms with Crippen LogP contribution in [0.2, 0.25) is 0 Å². The van der Waals surface area contributed by atoms with Gasteiger partial charge >= 0.3 is 0 Å². The largest absolute Gasteiger partial charge is 0.497 e. The molecule has 18 heavy (non-hydrogen) atoms. The number of rotatable bonds is 4. The van der Waals surface area contributed by atoms with Crippen molar-refractivity contribution in [3.8, 4) is 17.4 Å². The number of ether oxygens (including phenoxy) is 2. The van der Waals surface area contributed by atoms with E-state index in [2.05, 4.69) is 4.98 Å². The van der Waals surface area contributed by atoms with Crippen molar-refractivity contribution in [1.82, 2.24) is 4.98 Å². The van der Waals surface area contributed by atoms with Gasteiger partial charge in [0.15, 0.2) is 0 Å². The summed E-state index contributed by atoms with van der Waals surface area (Å²) in [6.45, 7) is 1.70. The highest BCUT2D eigenvalue weighted by Crippen LogP contribution is 2.23. The molecule has 4 heteroatoms. The molecule has 0 saturated carbocycles. The Bertz CT molecular complexity index is 491. The molecule has 1 heterocycles. The van der Waals surface area contributed by atoms with Gasteiger partial charge in [-0.3, -0.25) is 0 Å². The smallest absolute Gasteiger partial charge is 0.219 e. The Kier molecular flexibility index (Phi) is 3.79. The Morgan fingerprint density at radius 3 is 2.22 bits per heavy atom. The number of nitrogens with zero attached hydrogens (tertiary/aromatic N) is 1. The molecule has 0 saturated heterocycles. The highest BCUT2D eigenvalue weighted by atomic mass is 16.5. The molecular weight excluding hydrogens is 230 g/mol. The summed E-state index contributed by atoms with van der Waals surface area (Å²) in [5, 5.41) is 9.37. The minimum atomic E-state index is -0.521. The molecule has 0 spiro atoms. The van der Waals surface area contributed by atoms with E-state index in [0.29, 0.717) is 11.6 Å². The first-order chi connectivity index (χ1) is 8.69. The van der Waals surface area contributed by atoms with E-state index in [4.69, 9.17) is 9.47 Å². The number of hydrogen-bond acceptors (Lipinski definition) is 4. The third kappa shape index (κ3) is 2.99. The fourth-order valence-electron chi connectivity index (χ4n) is 1.46. The van der Waals surface area contributed by atoms with Crippen LogP contribution in [0.4, 0.5) is 0 Å². The van der Waals surface area contributed by atoms with E-state index in [9.17, 15) is 5.11 Å². The number of hydrogen-bond donors (Lipinski definition) is 1. The standard InChI is InChI=1S/C14H15NO3/c1-10(16)11-3-8-14(15-9-11)18-13-6-4-12(17-2)5-7-13/h3-10,16H,1-2H3/t10-/m0/s1. The van der Waals surface area contributed by atoms with Crippen LogP contribution < -0.4 is 9.47 Å². The molecule has 1 aromatic heterocycles. The van der Waals surface area contributed by atoms with Gasteiger partial charge in [0.2, 0.25) is 5.88 Å². The summed E-state index contributed by atoms with van der Waals surface area (Å²) >= 11 is 0. The van der Waals surface area contributed by atoms with Crippen LogP contribution in [0.15, 0.2) is 42.6 Å². The second-order valence-corrected chi connectivity index (χ2v) is 3.88. The normalized spacial score (nSPS) is 11.9. The minimum absolute atomic E-state index is 0.490. The van der Waals surface area contributed by atoms with Crippen molar-refractivity contribution in [3.05, 3.63) is 48.2 Å². The molecule has 0 bridgehead atoms. The molecule has 1 aromatic carbocycles. The Balaban J connectivity index is 2.08. The lowest BCUT2D eigenvalue weighted by atomic mass is 10.2. The molecule has 0 radical (unpaired) electrons. The lowest BCUT2D eigenvalue weighted by molar-refractivity contribution is 0.198. The topological polar surface area (TPSA) is 51.6 Å². The van der Waals surface area contributed by atoms with Gasteiger partial charge in [0, 0.05) is 12.3 Å². The summed E-state index contributed by atoms with van der Waals surface area (Å²) in [6.07, 6.45) is 1.08. The third-order valence-electron chi connectivity index (χ3n) is 2.52. The van der Waals surface area contributed by atoms with E-state index < -0.39 is 6.10 Å². The molecule has 2 rings (SSSR count). The molecule has 2 aromatic rings. The first kappa shape index (κ1) is 12.4. The summed E-state index contributed by atoms with van der Waals surface area (Å²) in [4.78, 5) is 4.12. The second-order valence-electron chi connectivity index (χ2n) is 3.88. The Morgan fingerprint density at radius 1 is 1.06 bits per heavy atom. The number of aliphatic hydroxyl groups is 1. The van der Waals surface area contributed by atoms with Crippen LogP contribution in [0.25, 0.3) is 0 Å². The van der Waals surface area contributed by atoms with Crippen LogP contribution in [0.5, 0.6) is 17.4 Å². The van der Waals surface area contributed by atoms with Gasteiger partial charge in [-0.2, -0.15) is 0 Å². The third-order valence-corrected chi connectivity index (χ3v) is 2.52. The zero-order chi connectivity index (χ0) is 13.0. The maximum absolute atomic E-state index is 9.37. The summed E-state index contributed by atoms with van der Waals surface area (Å²) in [5.74, 6) is 1.96. The predicted octanol–water partition coefficient (Wildman–Crippen LogP) is 2.94. The molecular formula is C14H15NO3. The quantitative estimate of drug-likeness (QED) is 0.899. The van der Waals surface area contributed by atoms with Crippen LogP contribution in [0, 0.1) is 0 Å². The van der Waals surface area contributed by atoms with E-state index in [1.165, 1.54) is 0 Å². The van der Waals surface area contributed by atoms with Gasteiger partial charge in [-0.25, -0.2) is 4.98 Å². The monoisotopic (exact) mass is 245 g/mol. The second kappa shape index (κ2) is 5.51. The minimum Gasteiger partial charge on any atom is -0.497 e. The van der Waals surface area contributed by atoms with Crippen LogP contribution in [0.3, 0.4) is 0 Å². The van der Waals surface area contributed by atoms with Crippen LogP contribution in [-0.2, 0) is 0 Å². The number of aliphatic hydroxyl groups excluding tert-OH is 1. The molecule has 0 aliphatic rings. The molecule has 4 nitrogen and oxygen atoms in total. The maximum atomic E-state index is 9.37. The highest BCUT2D eigenvalue weighted by Gasteiger charge is 2.03. The highest BCUT2D eigenvalue weighted by molar-refractivity contribution is 5.33. The van der Waals surface area contributed by atoms with Gasteiger partial charge in [-0.05, 0) is 42.8 Å². The van der Waals surface area contributed by atoms with Gasteiger partial charge in [0.25, 0.3) is 0 Å². The van der Waals surface area contributed by atoms with Gasteiger partial charge in [-0.1, -0.05) is 0 Å². The van der Waals surface area contributed by atoms with Crippen molar-refractivity contribution >= 4 is 0 Å². The number of benzene rings is 1. The van der Waals surface area contributed by atoms with Crippen molar-refractivity contribution in [2.24, 2.45) is 0 Å². The van der Waals surface area contributed by atoms with Gasteiger partial charge < -0.3 is 14.6 Å². The van der Waals surface area contributed by atoms with E-state index in [0.717, 1.165) is 11.3 Å². The zero-order valence-corrected chi connectivity index (χ0v) is 10.3. The fourth-order valence-corrected chi connectivity index (χ4v) is 1.46. The average molecular weight is 245 g/mol. The molecule has 1 atom stereocenters. The van der Waals surface area contributed by atoms with E-state index >= 15 is 0 Å². The molecule has 0 aliphatic heterocycles. The first-order valence-corrected chi connectivity index (χ1v) is 5.65. The van der Waals surface area contributed by atoms with Gasteiger partial charge in [0.05, 0.1) is 13.2 Å². The van der Waals surface area contributed by atoms with Crippen LogP contribution in [0.1, 0.15) is 18.6 Å². The summed E-state index contributed by atoms with van der Waals surface area (Å²) < 4.78 is 10.6. The Hall–Kier alpha value is -2.07. The number of methoxy groups -OCH3 is 1. The fraction of sp³-hybridized carbons (Fsp3) is 0.214. The van der Waals surface area contributed by atoms with Crippen molar-refractivity contribution in [2.75, 3.05) is 7.11 Å². The van der Waals surface area contributed by atoms with Crippen LogP contribution >= 0.6 is 0 Å². The lowest BCUT2D eigenvalue weighted by Crippen LogP contribution is -1.93. The van der Waals surface area contributed by atoms with Gasteiger partial charge in [-0.15, -0.1) is 0 Å². The zero-order valence-electron chi connectivity index (χ0n) is 10.3. The number of pyridine rings is 1. The first-order valence-electron chi connectivity index (χ1n) is 5.65. The summed E-state index contributed by atoms with van der Waals surface area (Å²) in [6, 6.07) is 10.8. The van der Waals surface area contributed by atoms with E-state index in [1.807, 2.05) is 24.3 Å². The molecule has 94 valence electrons. The summed E-state index contributed by atoms with van der Waals surface area (Å²) in [5.41, 5.74) is 0.761. The Morgan fingerprint density at radius 2 is 1.72 bits per heavy atom. The molecule has 0 amide bonds. The predicted molar refractivity (Wildman–Crippen MR) is 67.9 cm³/mol. The SMILES string of the molecule is COc1ccc(Oc2ccc([C@H](C)O)cn2)cc1. The summed E-state index contributed by atoms with van der Waals surface area (Å²) in [7, 11) is 1.62. The molecule has 0 aliphatic carbocycles. The Labute approximate surface area is 106 Å². The van der Waals surface area contributed by atoms with Crippen molar-refractivity contribution < 1.29 is 14.6 Å². The maximum Gasteiger partial charge on any atom is 0.219 e. The van der Waals surface area contributed by atoms with Crippen molar-refractivity contribution in [2.45, 2.75) is 13.0 Å². The lowest BCUT2D eigenvalue weighted by Gasteiger charge is -2.07. The van der Waals surface area contributed by atoms with E-state index in [1.54, 1.807) is 32.4 Å². The van der Waals surface area contributed by atoms with Gasteiger partial charge in [0.1, 0.15) is 11.5 Å². The molecule has 1 N–H and O–H groups in total.